The van der Waals surface area contributed by atoms with E-state index in [4.69, 9.17) is 14.6 Å². The van der Waals surface area contributed by atoms with Gasteiger partial charge in [0.25, 0.3) is 0 Å². The first-order valence-electron chi connectivity index (χ1n) is 11.2. The Labute approximate surface area is 188 Å². The van der Waals surface area contributed by atoms with E-state index >= 15 is 0 Å². The van der Waals surface area contributed by atoms with Crippen molar-refractivity contribution in [3.8, 4) is 5.75 Å². The lowest BCUT2D eigenvalue weighted by atomic mass is 10.1. The molecule has 3 aromatic rings. The zero-order valence-corrected chi connectivity index (χ0v) is 19.3. The van der Waals surface area contributed by atoms with Crippen LogP contribution in [-0.4, -0.2) is 50.8 Å². The summed E-state index contributed by atoms with van der Waals surface area (Å²) in [6.07, 6.45) is 0.625. The molecule has 172 valence electrons. The normalized spacial score (nSPS) is 17.1. The molecule has 7 nitrogen and oxygen atoms in total. The van der Waals surface area contributed by atoms with Crippen LogP contribution in [0.5, 0.6) is 5.75 Å². The van der Waals surface area contributed by atoms with Gasteiger partial charge in [0, 0.05) is 62.7 Å². The molecule has 2 aromatic heterocycles. The molecule has 0 N–H and O–H groups in total. The Bertz CT molecular complexity index is 1060. The molecule has 4 rings (SSSR count). The largest absolute Gasteiger partial charge is 0.493 e. The van der Waals surface area contributed by atoms with Crippen LogP contribution < -0.4 is 4.74 Å². The maximum absolute atomic E-state index is 13.3. The molecule has 3 heterocycles. The Kier molecular flexibility index (Phi) is 6.91. The van der Waals surface area contributed by atoms with Gasteiger partial charge in [0.15, 0.2) is 0 Å². The Morgan fingerprint density at radius 1 is 1.22 bits per heavy atom. The van der Waals surface area contributed by atoms with Crippen molar-refractivity contribution >= 4 is 0 Å². The van der Waals surface area contributed by atoms with Crippen LogP contribution in [-0.2, 0) is 31.3 Å². The Hall–Kier alpha value is -2.71. The summed E-state index contributed by atoms with van der Waals surface area (Å²) in [4.78, 5) is 2.42. The summed E-state index contributed by atoms with van der Waals surface area (Å²) in [6, 6.07) is 8.30. The zero-order valence-electron chi connectivity index (χ0n) is 19.3. The van der Waals surface area contributed by atoms with Gasteiger partial charge in [0.05, 0.1) is 24.6 Å². The van der Waals surface area contributed by atoms with Gasteiger partial charge >= 0.3 is 0 Å². The molecular weight excluding hydrogens is 409 g/mol. The molecule has 1 unspecified atom stereocenters. The first-order chi connectivity index (χ1) is 15.4. The molecule has 1 aromatic carbocycles. The minimum atomic E-state index is -0.295. The molecule has 0 amide bonds. The monoisotopic (exact) mass is 441 g/mol. The Morgan fingerprint density at radius 2 is 2.06 bits per heavy atom. The van der Waals surface area contributed by atoms with E-state index in [0.29, 0.717) is 25.4 Å². The van der Waals surface area contributed by atoms with Crippen molar-refractivity contribution in [3.63, 3.8) is 0 Å². The number of hydrogen-bond donors (Lipinski definition) is 0. The Balaban J connectivity index is 1.37. The summed E-state index contributed by atoms with van der Waals surface area (Å²) in [5.41, 5.74) is 5.66. The fraction of sp³-hybridized carbons (Fsp3) is 0.500. The highest BCUT2D eigenvalue weighted by atomic mass is 19.1. The van der Waals surface area contributed by atoms with Gasteiger partial charge in [-0.1, -0.05) is 6.07 Å². The molecular formula is C24H32FN5O2. The van der Waals surface area contributed by atoms with Crippen LogP contribution in [0.25, 0.3) is 0 Å². The predicted octanol–water partition coefficient (Wildman–Crippen LogP) is 3.59. The maximum Gasteiger partial charge on any atom is 0.126 e. The second-order valence-corrected chi connectivity index (χ2v) is 8.30. The van der Waals surface area contributed by atoms with Gasteiger partial charge in [0.2, 0.25) is 0 Å². The smallest absolute Gasteiger partial charge is 0.126 e. The van der Waals surface area contributed by atoms with Gasteiger partial charge in [-0.3, -0.25) is 14.3 Å². The molecule has 1 aliphatic heterocycles. The van der Waals surface area contributed by atoms with Crippen LogP contribution >= 0.6 is 0 Å². The summed E-state index contributed by atoms with van der Waals surface area (Å²) in [5.74, 6) is 0.243. The van der Waals surface area contributed by atoms with Gasteiger partial charge in [-0.25, -0.2) is 4.39 Å². The number of morpholine rings is 1. The third-order valence-electron chi connectivity index (χ3n) is 6.11. The second-order valence-electron chi connectivity index (χ2n) is 8.30. The molecule has 1 atom stereocenters. The number of halogens is 1. The number of aromatic nitrogens is 4. The van der Waals surface area contributed by atoms with E-state index in [-0.39, 0.29) is 11.9 Å². The molecule has 1 fully saturated rings. The van der Waals surface area contributed by atoms with Crippen molar-refractivity contribution in [1.82, 2.24) is 24.5 Å². The third-order valence-corrected chi connectivity index (χ3v) is 6.11. The first-order valence-corrected chi connectivity index (χ1v) is 11.2. The van der Waals surface area contributed by atoms with Crippen molar-refractivity contribution < 1.29 is 13.9 Å². The maximum atomic E-state index is 13.3. The lowest BCUT2D eigenvalue weighted by molar-refractivity contribution is -0.0353. The van der Waals surface area contributed by atoms with E-state index in [9.17, 15) is 4.39 Å². The number of nitrogens with zero attached hydrogens (tertiary/aromatic N) is 5. The quantitative estimate of drug-likeness (QED) is 0.535. The third kappa shape index (κ3) is 5.02. The predicted molar refractivity (Wildman–Crippen MR) is 120 cm³/mol. The summed E-state index contributed by atoms with van der Waals surface area (Å²) < 4.78 is 29.0. The number of aryl methyl sites for hydroxylation is 3. The van der Waals surface area contributed by atoms with Crippen molar-refractivity contribution in [2.45, 2.75) is 46.4 Å². The molecule has 0 bridgehead atoms. The standard InChI is InChI=1S/C24H32FN5O2/c1-5-30-18(3)22(17(2)26-30)15-29-10-12-32-24(16-29)23-14-20(28(4)27-23)9-11-31-21-8-6-7-19(25)13-21/h6-8,13-14,24H,5,9-12,15-16H2,1-4H3. The second kappa shape index (κ2) is 9.83. The van der Waals surface area contributed by atoms with E-state index in [2.05, 4.69) is 41.5 Å². The van der Waals surface area contributed by atoms with Gasteiger partial charge in [-0.05, 0) is 39.0 Å². The van der Waals surface area contributed by atoms with Crippen LogP contribution in [0, 0.1) is 19.7 Å². The lowest BCUT2D eigenvalue weighted by Gasteiger charge is -2.32. The highest BCUT2D eigenvalue weighted by Gasteiger charge is 2.26. The minimum absolute atomic E-state index is 0.0605. The summed E-state index contributed by atoms with van der Waals surface area (Å²) in [5, 5.41) is 9.35. The SMILES string of the molecule is CCn1nc(C)c(CN2CCOC(c3cc(CCOc4cccc(F)c4)n(C)n3)C2)c1C. The molecule has 32 heavy (non-hydrogen) atoms. The van der Waals surface area contributed by atoms with Gasteiger partial charge in [-0.15, -0.1) is 0 Å². The fourth-order valence-corrected chi connectivity index (χ4v) is 4.27. The zero-order chi connectivity index (χ0) is 22.7. The van der Waals surface area contributed by atoms with Crippen molar-refractivity contribution in [3.05, 3.63) is 64.5 Å². The number of benzene rings is 1. The van der Waals surface area contributed by atoms with Gasteiger partial charge in [-0.2, -0.15) is 10.2 Å². The number of hydrogen-bond acceptors (Lipinski definition) is 5. The highest BCUT2D eigenvalue weighted by Crippen LogP contribution is 2.25. The molecule has 0 radical (unpaired) electrons. The number of ether oxygens (including phenoxy) is 2. The lowest BCUT2D eigenvalue weighted by Crippen LogP contribution is -2.38. The van der Waals surface area contributed by atoms with Crippen molar-refractivity contribution in [2.24, 2.45) is 7.05 Å². The molecule has 8 heteroatoms. The van der Waals surface area contributed by atoms with Crippen LogP contribution in [0.2, 0.25) is 0 Å². The van der Waals surface area contributed by atoms with Gasteiger partial charge < -0.3 is 9.47 Å². The molecule has 1 aliphatic rings. The molecule has 0 saturated carbocycles. The van der Waals surface area contributed by atoms with Crippen molar-refractivity contribution in [1.29, 1.82) is 0 Å². The minimum Gasteiger partial charge on any atom is -0.493 e. The van der Waals surface area contributed by atoms with E-state index in [0.717, 1.165) is 43.3 Å². The van der Waals surface area contributed by atoms with Crippen LogP contribution in [0.4, 0.5) is 4.39 Å². The van der Waals surface area contributed by atoms with E-state index in [1.807, 2.05) is 11.7 Å². The van der Waals surface area contributed by atoms with E-state index in [1.54, 1.807) is 12.1 Å². The molecule has 1 saturated heterocycles. The number of rotatable bonds is 8. The van der Waals surface area contributed by atoms with Crippen LogP contribution in [0.15, 0.2) is 30.3 Å². The summed E-state index contributed by atoms with van der Waals surface area (Å²) in [6.45, 7) is 10.9. The average Bonchev–Trinajstić information content (AvgIpc) is 3.28. The summed E-state index contributed by atoms with van der Waals surface area (Å²) >= 11 is 0. The first kappa shape index (κ1) is 22.5. The van der Waals surface area contributed by atoms with E-state index in [1.165, 1.54) is 23.4 Å². The molecule has 0 spiro atoms. The van der Waals surface area contributed by atoms with Crippen LogP contribution in [0.1, 0.15) is 41.4 Å². The Morgan fingerprint density at radius 3 is 2.81 bits per heavy atom. The molecule has 0 aliphatic carbocycles. The fourth-order valence-electron chi connectivity index (χ4n) is 4.27. The highest BCUT2D eigenvalue weighted by molar-refractivity contribution is 5.25. The van der Waals surface area contributed by atoms with Gasteiger partial charge in [0.1, 0.15) is 17.7 Å². The van der Waals surface area contributed by atoms with E-state index < -0.39 is 0 Å². The average molecular weight is 442 g/mol. The van der Waals surface area contributed by atoms with Crippen LogP contribution in [0.3, 0.4) is 0 Å². The van der Waals surface area contributed by atoms with Crippen molar-refractivity contribution in [2.75, 3.05) is 26.3 Å². The topological polar surface area (TPSA) is 57.3 Å². The summed E-state index contributed by atoms with van der Waals surface area (Å²) in [7, 11) is 1.94.